The summed E-state index contributed by atoms with van der Waals surface area (Å²) in [7, 11) is -3.13. The van der Waals surface area contributed by atoms with Gasteiger partial charge in [0, 0.05) is 16.6 Å². The number of aryl methyl sites for hydroxylation is 2. The second-order valence-electron chi connectivity index (χ2n) is 8.27. The molecule has 1 fully saturated rings. The van der Waals surface area contributed by atoms with Gasteiger partial charge < -0.3 is 10.2 Å². The molecule has 11 heteroatoms. The zero-order chi connectivity index (χ0) is 24.0. The van der Waals surface area contributed by atoms with E-state index in [2.05, 4.69) is 10.3 Å². The van der Waals surface area contributed by atoms with Gasteiger partial charge in [-0.1, -0.05) is 23.9 Å². The zero-order valence-corrected chi connectivity index (χ0v) is 19.5. The van der Waals surface area contributed by atoms with Crippen LogP contribution >= 0.6 is 11.8 Å². The van der Waals surface area contributed by atoms with Crippen LogP contribution in [0.5, 0.6) is 0 Å². The number of hydrogen-bond acceptors (Lipinski definition) is 6. The number of fused-ring (bicyclic) bond motifs is 1. The van der Waals surface area contributed by atoms with Crippen LogP contribution in [0.15, 0.2) is 47.5 Å². The quantitative estimate of drug-likeness (QED) is 0.690. The van der Waals surface area contributed by atoms with Crippen LogP contribution in [-0.4, -0.2) is 48.8 Å². The van der Waals surface area contributed by atoms with E-state index >= 15 is 0 Å². The monoisotopic (exact) mass is 497 g/mol. The highest BCUT2D eigenvalue weighted by molar-refractivity contribution is 8.15. The normalized spacial score (nSPS) is 21.4. The van der Waals surface area contributed by atoms with Crippen molar-refractivity contribution in [2.45, 2.75) is 31.3 Å². The summed E-state index contributed by atoms with van der Waals surface area (Å²) in [5.74, 6) is -0.501. The molecule has 2 atom stereocenters. The highest BCUT2D eigenvalue weighted by Gasteiger charge is 2.44. The molecule has 0 spiro atoms. The molecule has 176 valence electrons. The third-order valence-electron chi connectivity index (χ3n) is 5.33. The number of benzene rings is 2. The molecule has 2 heterocycles. The molecule has 6 nitrogen and oxygen atoms in total. The van der Waals surface area contributed by atoms with E-state index in [1.165, 1.54) is 23.9 Å². The smallest absolute Gasteiger partial charge is 0.325 e. The van der Waals surface area contributed by atoms with Gasteiger partial charge in [0.2, 0.25) is 5.91 Å². The highest BCUT2D eigenvalue weighted by atomic mass is 32.2. The summed E-state index contributed by atoms with van der Waals surface area (Å²) >= 11 is 1.32. The molecule has 0 aliphatic carbocycles. The van der Waals surface area contributed by atoms with Gasteiger partial charge in [-0.3, -0.25) is 9.79 Å². The fourth-order valence-electron chi connectivity index (χ4n) is 3.96. The number of halogens is 3. The SMILES string of the molecule is Cc1cc(C)cc(N(CC(=O)Nc2cccc(C(F)(F)F)c2)C2=N[C@H]3CS(=O)(=O)C[C@H]3S2)c1. The lowest BCUT2D eigenvalue weighted by Crippen LogP contribution is -2.36. The average Bonchev–Trinajstić information content (AvgIpc) is 3.18. The molecule has 0 bridgehead atoms. The minimum atomic E-state index is -4.51. The van der Waals surface area contributed by atoms with Crippen LogP contribution < -0.4 is 10.2 Å². The summed E-state index contributed by atoms with van der Waals surface area (Å²) in [5, 5.41) is 2.86. The van der Waals surface area contributed by atoms with Crippen molar-refractivity contribution in [3.63, 3.8) is 0 Å². The van der Waals surface area contributed by atoms with Crippen LogP contribution in [-0.2, 0) is 20.8 Å². The number of carbonyl (C=O) groups is 1. The second-order valence-corrected chi connectivity index (χ2v) is 11.6. The Bertz CT molecular complexity index is 1210. The molecule has 1 N–H and O–H groups in total. The van der Waals surface area contributed by atoms with E-state index in [1.807, 2.05) is 32.0 Å². The molecule has 2 aromatic rings. The van der Waals surface area contributed by atoms with Crippen molar-refractivity contribution in [1.29, 1.82) is 0 Å². The number of hydrogen-bond donors (Lipinski definition) is 1. The van der Waals surface area contributed by atoms with Crippen LogP contribution in [0.1, 0.15) is 16.7 Å². The van der Waals surface area contributed by atoms with E-state index in [1.54, 1.807) is 4.90 Å². The van der Waals surface area contributed by atoms with Crippen LogP contribution in [0.3, 0.4) is 0 Å². The lowest BCUT2D eigenvalue weighted by Gasteiger charge is -2.25. The van der Waals surface area contributed by atoms with Crippen molar-refractivity contribution >= 4 is 44.0 Å². The number of anilines is 2. The van der Waals surface area contributed by atoms with Gasteiger partial charge >= 0.3 is 6.18 Å². The number of alkyl halides is 3. The number of nitrogens with one attached hydrogen (secondary N) is 1. The molecule has 0 aromatic heterocycles. The van der Waals surface area contributed by atoms with Gasteiger partial charge in [-0.05, 0) is 55.3 Å². The van der Waals surface area contributed by atoms with Crippen molar-refractivity contribution in [3.05, 3.63) is 59.2 Å². The van der Waals surface area contributed by atoms with Gasteiger partial charge in [0.1, 0.15) is 6.54 Å². The van der Waals surface area contributed by atoms with Gasteiger partial charge in [-0.25, -0.2) is 8.42 Å². The summed E-state index contributed by atoms with van der Waals surface area (Å²) in [5.41, 5.74) is 1.84. The Morgan fingerprint density at radius 1 is 1.15 bits per heavy atom. The Morgan fingerprint density at radius 3 is 2.48 bits per heavy atom. The first kappa shape index (κ1) is 23.6. The van der Waals surface area contributed by atoms with E-state index < -0.39 is 27.5 Å². The molecular weight excluding hydrogens is 475 g/mol. The Kier molecular flexibility index (Phi) is 6.21. The minimum Gasteiger partial charge on any atom is -0.325 e. The van der Waals surface area contributed by atoms with E-state index in [0.717, 1.165) is 23.3 Å². The van der Waals surface area contributed by atoms with Crippen LogP contribution in [0.2, 0.25) is 0 Å². The first-order valence-electron chi connectivity index (χ1n) is 10.2. The number of thioether (sulfide) groups is 1. The van der Waals surface area contributed by atoms with Crippen molar-refractivity contribution < 1.29 is 26.4 Å². The standard InChI is InChI=1S/C22H22F3N3O3S2/c1-13-6-14(2)8-17(7-13)28(21-27-18-11-33(30,31)12-19(18)32-21)10-20(29)26-16-5-3-4-15(9-16)22(23,24)25/h3-9,18-19H,10-12H2,1-2H3,(H,26,29)/t18-,19+/m0/s1. The fraction of sp³-hybridized carbons (Fsp3) is 0.364. The summed E-state index contributed by atoms with van der Waals surface area (Å²) in [6, 6.07) is 9.84. The van der Waals surface area contributed by atoms with Gasteiger partial charge in [0.05, 0.1) is 23.1 Å². The van der Waals surface area contributed by atoms with Crippen LogP contribution in [0, 0.1) is 13.8 Å². The first-order chi connectivity index (χ1) is 15.4. The van der Waals surface area contributed by atoms with E-state index in [0.29, 0.717) is 10.9 Å². The Hall–Kier alpha value is -2.53. The lowest BCUT2D eigenvalue weighted by molar-refractivity contribution is -0.137. The molecule has 0 saturated carbocycles. The Morgan fingerprint density at radius 2 is 1.85 bits per heavy atom. The summed E-state index contributed by atoms with van der Waals surface area (Å²) < 4.78 is 62.8. The second kappa shape index (κ2) is 8.68. The molecular formula is C22H22F3N3O3S2. The van der Waals surface area contributed by atoms with Gasteiger partial charge in [-0.15, -0.1) is 0 Å². The predicted molar refractivity (Wildman–Crippen MR) is 125 cm³/mol. The third-order valence-corrected chi connectivity index (χ3v) is 8.58. The summed E-state index contributed by atoms with van der Waals surface area (Å²) in [6.07, 6.45) is -4.51. The molecule has 2 aliphatic rings. The zero-order valence-electron chi connectivity index (χ0n) is 17.9. The molecule has 2 aromatic carbocycles. The number of sulfone groups is 1. The van der Waals surface area contributed by atoms with Gasteiger partial charge in [0.15, 0.2) is 15.0 Å². The van der Waals surface area contributed by atoms with Crippen molar-refractivity contribution in [2.75, 3.05) is 28.3 Å². The molecule has 0 unspecified atom stereocenters. The third kappa shape index (κ3) is 5.52. The van der Waals surface area contributed by atoms with Gasteiger partial charge in [-0.2, -0.15) is 13.2 Å². The molecule has 1 saturated heterocycles. The van der Waals surface area contributed by atoms with Crippen molar-refractivity contribution in [1.82, 2.24) is 0 Å². The maximum atomic E-state index is 13.0. The maximum Gasteiger partial charge on any atom is 0.416 e. The average molecular weight is 498 g/mol. The minimum absolute atomic E-state index is 0.0225. The van der Waals surface area contributed by atoms with Crippen molar-refractivity contribution in [2.24, 2.45) is 4.99 Å². The number of amides is 1. The number of rotatable bonds is 4. The topological polar surface area (TPSA) is 78.8 Å². The Labute approximate surface area is 194 Å². The van der Waals surface area contributed by atoms with E-state index in [4.69, 9.17) is 0 Å². The van der Waals surface area contributed by atoms with Crippen LogP contribution in [0.4, 0.5) is 24.5 Å². The Balaban J connectivity index is 1.59. The molecule has 33 heavy (non-hydrogen) atoms. The molecule has 2 aliphatic heterocycles. The molecule has 4 rings (SSSR count). The predicted octanol–water partition coefficient (Wildman–Crippen LogP) is 4.04. The molecule has 0 radical (unpaired) electrons. The fourth-order valence-corrected chi connectivity index (χ4v) is 7.74. The maximum absolute atomic E-state index is 13.0. The summed E-state index contributed by atoms with van der Waals surface area (Å²) in [6.45, 7) is 3.65. The summed E-state index contributed by atoms with van der Waals surface area (Å²) in [4.78, 5) is 19.1. The highest BCUT2D eigenvalue weighted by Crippen LogP contribution is 2.37. The number of nitrogens with zero attached hydrogens (tertiary/aromatic N) is 2. The van der Waals surface area contributed by atoms with Gasteiger partial charge in [0.25, 0.3) is 0 Å². The van der Waals surface area contributed by atoms with Crippen LogP contribution in [0.25, 0.3) is 0 Å². The van der Waals surface area contributed by atoms with E-state index in [-0.39, 0.29) is 35.0 Å². The first-order valence-corrected chi connectivity index (χ1v) is 12.9. The van der Waals surface area contributed by atoms with E-state index in [9.17, 15) is 26.4 Å². The lowest BCUT2D eigenvalue weighted by atomic mass is 10.1. The van der Waals surface area contributed by atoms with Crippen molar-refractivity contribution in [3.8, 4) is 0 Å². The number of amidine groups is 1. The number of aliphatic imine (C=N–C) groups is 1. The molecule has 1 amide bonds. The largest absolute Gasteiger partial charge is 0.416 e. The number of carbonyl (C=O) groups excluding carboxylic acids is 1.